The average Bonchev–Trinajstić information content (AvgIpc) is 2.74. The smallest absolute Gasteiger partial charge is 0.266 e. The van der Waals surface area contributed by atoms with E-state index in [1.54, 1.807) is 25.1 Å². The summed E-state index contributed by atoms with van der Waals surface area (Å²) in [4.78, 5) is 13.7. The zero-order valence-electron chi connectivity index (χ0n) is 12.6. The standard InChI is InChI=1S/C14H15NO6S3/c1-2-21-11-7-9(3-4-10(11)16)8-12-13(17)15(14(22)23-12)5-6-24(18,19)20/h3-4,7-8,16H,2,5-6H2,1H3,(H,18,19,20)/p-1/b12-8-. The van der Waals surface area contributed by atoms with E-state index >= 15 is 0 Å². The number of thioether (sulfide) groups is 1. The molecule has 1 N–H and O–H groups in total. The molecular weight excluding hydrogens is 374 g/mol. The van der Waals surface area contributed by atoms with Gasteiger partial charge in [0.25, 0.3) is 5.91 Å². The van der Waals surface area contributed by atoms with Crippen molar-refractivity contribution >= 4 is 50.4 Å². The first-order valence-electron chi connectivity index (χ1n) is 6.86. The minimum Gasteiger partial charge on any atom is -0.748 e. The van der Waals surface area contributed by atoms with E-state index in [1.165, 1.54) is 6.07 Å². The number of phenolic OH excluding ortho intramolecular Hbond substituents is 1. The summed E-state index contributed by atoms with van der Waals surface area (Å²) in [6, 6.07) is 4.63. The van der Waals surface area contributed by atoms with Crippen LogP contribution in [0.25, 0.3) is 6.08 Å². The Morgan fingerprint density at radius 2 is 2.17 bits per heavy atom. The Morgan fingerprint density at radius 3 is 2.79 bits per heavy atom. The highest BCUT2D eigenvalue weighted by atomic mass is 32.2. The second kappa shape index (κ2) is 7.51. The predicted octanol–water partition coefficient (Wildman–Crippen LogP) is 1.54. The van der Waals surface area contributed by atoms with Crippen LogP contribution in [-0.2, 0) is 14.9 Å². The van der Waals surface area contributed by atoms with E-state index in [2.05, 4.69) is 0 Å². The SMILES string of the molecule is CCOc1cc(/C=C2\SC(=S)N(CCS(=O)(=O)[O-])C2=O)ccc1O. The van der Waals surface area contributed by atoms with Crippen LogP contribution in [-0.4, -0.2) is 52.1 Å². The van der Waals surface area contributed by atoms with Crippen molar-refractivity contribution in [2.75, 3.05) is 18.9 Å². The van der Waals surface area contributed by atoms with Gasteiger partial charge >= 0.3 is 0 Å². The number of nitrogens with zero attached hydrogens (tertiary/aromatic N) is 1. The molecule has 1 aromatic carbocycles. The van der Waals surface area contributed by atoms with Gasteiger partial charge in [-0.2, -0.15) is 0 Å². The Hall–Kier alpha value is -1.62. The molecule has 7 nitrogen and oxygen atoms in total. The highest BCUT2D eigenvalue weighted by Gasteiger charge is 2.32. The maximum atomic E-state index is 12.3. The summed E-state index contributed by atoms with van der Waals surface area (Å²) in [7, 11) is -4.43. The molecular formula is C14H14NO6S3-. The molecule has 0 radical (unpaired) electrons. The minimum atomic E-state index is -4.43. The van der Waals surface area contributed by atoms with Crippen LogP contribution < -0.4 is 4.74 Å². The summed E-state index contributed by atoms with van der Waals surface area (Å²) < 4.78 is 37.6. The summed E-state index contributed by atoms with van der Waals surface area (Å²) >= 11 is 6.07. The molecule has 1 aliphatic rings. The van der Waals surface area contributed by atoms with E-state index in [4.69, 9.17) is 17.0 Å². The van der Waals surface area contributed by atoms with Gasteiger partial charge < -0.3 is 14.4 Å². The Balaban J connectivity index is 2.21. The van der Waals surface area contributed by atoms with Gasteiger partial charge in [-0.15, -0.1) is 0 Å². The molecule has 1 heterocycles. The molecule has 1 amide bonds. The van der Waals surface area contributed by atoms with Crippen LogP contribution in [0, 0.1) is 0 Å². The molecule has 10 heteroatoms. The number of carbonyl (C=O) groups is 1. The molecule has 1 aliphatic heterocycles. The second-order valence-corrected chi connectivity index (χ2v) is 7.95. The average molecular weight is 388 g/mol. The highest BCUT2D eigenvalue weighted by molar-refractivity contribution is 8.26. The summed E-state index contributed by atoms with van der Waals surface area (Å²) in [5, 5.41) is 9.68. The zero-order valence-corrected chi connectivity index (χ0v) is 15.0. The highest BCUT2D eigenvalue weighted by Crippen LogP contribution is 2.34. The molecule has 0 saturated carbocycles. The van der Waals surface area contributed by atoms with Gasteiger partial charge in [0, 0.05) is 6.54 Å². The summed E-state index contributed by atoms with van der Waals surface area (Å²) in [5.74, 6) is -0.874. The number of ether oxygens (including phenoxy) is 1. The summed E-state index contributed by atoms with van der Waals surface area (Å²) in [6.45, 7) is 1.89. The first-order valence-corrected chi connectivity index (χ1v) is 9.66. The van der Waals surface area contributed by atoms with Crippen molar-refractivity contribution in [2.45, 2.75) is 6.92 Å². The number of amides is 1. The van der Waals surface area contributed by atoms with Crippen molar-refractivity contribution in [2.24, 2.45) is 0 Å². The second-order valence-electron chi connectivity index (χ2n) is 4.76. The van der Waals surface area contributed by atoms with Gasteiger partial charge in [-0.1, -0.05) is 30.0 Å². The van der Waals surface area contributed by atoms with Crippen LogP contribution in [0.4, 0.5) is 0 Å². The molecule has 130 valence electrons. The van der Waals surface area contributed by atoms with E-state index in [1.807, 2.05) is 0 Å². The van der Waals surface area contributed by atoms with Gasteiger partial charge in [-0.05, 0) is 30.7 Å². The van der Waals surface area contributed by atoms with Gasteiger partial charge in [-0.3, -0.25) is 9.69 Å². The van der Waals surface area contributed by atoms with Gasteiger partial charge in [0.2, 0.25) is 0 Å². The molecule has 2 rings (SSSR count). The third-order valence-electron chi connectivity index (χ3n) is 3.02. The third-order valence-corrected chi connectivity index (χ3v) is 5.08. The Morgan fingerprint density at radius 1 is 1.46 bits per heavy atom. The monoisotopic (exact) mass is 388 g/mol. The maximum absolute atomic E-state index is 12.3. The number of benzene rings is 1. The largest absolute Gasteiger partial charge is 0.748 e. The first kappa shape index (κ1) is 18.7. The maximum Gasteiger partial charge on any atom is 0.266 e. The van der Waals surface area contributed by atoms with Gasteiger partial charge in [0.05, 0.1) is 27.4 Å². The Bertz CT molecular complexity index is 803. The molecule has 1 saturated heterocycles. The van der Waals surface area contributed by atoms with Crippen LogP contribution in [0.15, 0.2) is 23.1 Å². The van der Waals surface area contributed by atoms with Crippen molar-refractivity contribution in [3.8, 4) is 11.5 Å². The fourth-order valence-electron chi connectivity index (χ4n) is 1.94. The van der Waals surface area contributed by atoms with Crippen LogP contribution in [0.1, 0.15) is 12.5 Å². The number of carbonyl (C=O) groups excluding carboxylic acids is 1. The number of hydrogen-bond donors (Lipinski definition) is 1. The normalized spacial score (nSPS) is 16.9. The molecule has 0 atom stereocenters. The summed E-state index contributed by atoms with van der Waals surface area (Å²) in [5.41, 5.74) is 0.619. The molecule has 24 heavy (non-hydrogen) atoms. The van der Waals surface area contributed by atoms with Crippen molar-refractivity contribution in [3.63, 3.8) is 0 Å². The van der Waals surface area contributed by atoms with E-state index in [-0.39, 0.29) is 16.6 Å². The van der Waals surface area contributed by atoms with Crippen molar-refractivity contribution in [3.05, 3.63) is 28.7 Å². The third kappa shape index (κ3) is 4.69. The van der Waals surface area contributed by atoms with Crippen molar-refractivity contribution in [1.82, 2.24) is 4.90 Å². The van der Waals surface area contributed by atoms with Crippen molar-refractivity contribution in [1.29, 1.82) is 0 Å². The molecule has 0 unspecified atom stereocenters. The minimum absolute atomic E-state index is 0.0119. The lowest BCUT2D eigenvalue weighted by Gasteiger charge is -2.15. The lowest BCUT2D eigenvalue weighted by atomic mass is 10.2. The Kier molecular flexibility index (Phi) is 5.86. The fraction of sp³-hybridized carbons (Fsp3) is 0.286. The zero-order chi connectivity index (χ0) is 17.9. The molecule has 0 aromatic heterocycles. The van der Waals surface area contributed by atoms with E-state index in [0.29, 0.717) is 22.8 Å². The van der Waals surface area contributed by atoms with Crippen LogP contribution in [0.3, 0.4) is 0 Å². The number of rotatable bonds is 6. The van der Waals surface area contributed by atoms with Gasteiger partial charge in [0.15, 0.2) is 11.5 Å². The predicted molar refractivity (Wildman–Crippen MR) is 93.7 cm³/mol. The quantitative estimate of drug-likeness (QED) is 0.444. The number of aromatic hydroxyl groups is 1. The lowest BCUT2D eigenvalue weighted by Crippen LogP contribution is -2.32. The van der Waals surface area contributed by atoms with Crippen molar-refractivity contribution < 1.29 is 27.6 Å². The molecule has 0 aliphatic carbocycles. The van der Waals surface area contributed by atoms with E-state index in [9.17, 15) is 22.9 Å². The van der Waals surface area contributed by atoms with Gasteiger partial charge in [0.1, 0.15) is 4.32 Å². The Labute approximate surface area is 149 Å². The van der Waals surface area contributed by atoms with Crippen LogP contribution in [0.2, 0.25) is 0 Å². The number of phenols is 1. The topological polar surface area (TPSA) is 107 Å². The molecule has 0 spiro atoms. The molecule has 1 aromatic rings. The van der Waals surface area contributed by atoms with Gasteiger partial charge in [-0.25, -0.2) is 8.42 Å². The number of hydrogen-bond acceptors (Lipinski definition) is 8. The van der Waals surface area contributed by atoms with E-state index in [0.717, 1.165) is 16.7 Å². The summed E-state index contributed by atoms with van der Waals surface area (Å²) in [6.07, 6.45) is 1.56. The van der Waals surface area contributed by atoms with Crippen LogP contribution in [0.5, 0.6) is 11.5 Å². The lowest BCUT2D eigenvalue weighted by molar-refractivity contribution is -0.121. The van der Waals surface area contributed by atoms with Crippen LogP contribution >= 0.6 is 24.0 Å². The fourth-order valence-corrected chi connectivity index (χ4v) is 3.65. The first-order chi connectivity index (χ1) is 11.2. The number of thiocarbonyl (C=S) groups is 1. The molecule has 0 bridgehead atoms. The molecule has 1 fully saturated rings. The van der Waals surface area contributed by atoms with E-state index < -0.39 is 21.8 Å².